The number of carbonyl (C=O) groups excluding carboxylic acids is 1. The van der Waals surface area contributed by atoms with Gasteiger partial charge in [-0.3, -0.25) is 4.79 Å². The second-order valence-electron chi connectivity index (χ2n) is 5.02. The highest BCUT2D eigenvalue weighted by Crippen LogP contribution is 2.27. The summed E-state index contributed by atoms with van der Waals surface area (Å²) in [6, 6.07) is 0.101. The van der Waals surface area contributed by atoms with Gasteiger partial charge in [-0.05, 0) is 25.7 Å². The Bertz CT molecular complexity index is 200. The lowest BCUT2D eigenvalue weighted by atomic mass is 9.86. The number of hydrogen-bond acceptors (Lipinski definition) is 2. The van der Waals surface area contributed by atoms with Gasteiger partial charge in [-0.1, -0.05) is 32.1 Å². The van der Waals surface area contributed by atoms with E-state index in [4.69, 9.17) is 5.11 Å². The van der Waals surface area contributed by atoms with Crippen molar-refractivity contribution in [3.63, 3.8) is 0 Å². The number of nitrogens with one attached hydrogen (secondary N) is 1. The Morgan fingerprint density at radius 2 is 2.06 bits per heavy atom. The molecule has 0 saturated heterocycles. The van der Waals surface area contributed by atoms with Crippen LogP contribution in [0.5, 0.6) is 0 Å². The van der Waals surface area contributed by atoms with Crippen molar-refractivity contribution in [2.24, 2.45) is 5.92 Å². The molecule has 1 rings (SSSR count). The van der Waals surface area contributed by atoms with E-state index in [1.165, 1.54) is 32.1 Å². The molecule has 1 atom stereocenters. The highest BCUT2D eigenvalue weighted by atomic mass is 16.3. The largest absolute Gasteiger partial charge is 0.396 e. The smallest absolute Gasteiger partial charge is 0.220 e. The molecule has 0 bridgehead atoms. The number of hydrogen-bond donors (Lipinski definition) is 2. The molecule has 1 aliphatic rings. The fraction of sp³-hybridized carbons (Fsp3) is 0.923. The lowest BCUT2D eigenvalue weighted by Gasteiger charge is -2.21. The van der Waals surface area contributed by atoms with Crippen LogP contribution >= 0.6 is 0 Å². The fourth-order valence-electron chi connectivity index (χ4n) is 2.42. The number of aliphatic hydroxyl groups excluding tert-OH is 1. The second-order valence-corrected chi connectivity index (χ2v) is 5.02. The van der Waals surface area contributed by atoms with Crippen LogP contribution in [-0.4, -0.2) is 23.7 Å². The third-order valence-electron chi connectivity index (χ3n) is 3.47. The lowest BCUT2D eigenvalue weighted by Crippen LogP contribution is -2.33. The maximum Gasteiger partial charge on any atom is 0.220 e. The van der Waals surface area contributed by atoms with Crippen LogP contribution in [0.25, 0.3) is 0 Å². The predicted molar refractivity (Wildman–Crippen MR) is 65.1 cm³/mol. The van der Waals surface area contributed by atoms with Crippen LogP contribution < -0.4 is 5.32 Å². The van der Waals surface area contributed by atoms with Gasteiger partial charge >= 0.3 is 0 Å². The van der Waals surface area contributed by atoms with Gasteiger partial charge in [-0.2, -0.15) is 0 Å². The molecular weight excluding hydrogens is 202 g/mol. The van der Waals surface area contributed by atoms with Crippen LogP contribution in [0, 0.1) is 5.92 Å². The Labute approximate surface area is 98.6 Å². The van der Waals surface area contributed by atoms with Gasteiger partial charge in [0.25, 0.3) is 0 Å². The standard InChI is InChI=1S/C13H25NO2/c1-11(9-10-15)14-13(16)8-7-12-5-3-2-4-6-12/h11-12,15H,2-10H2,1H3,(H,14,16)/t11-/m0/s1. The van der Waals surface area contributed by atoms with Crippen molar-refractivity contribution in [1.29, 1.82) is 0 Å². The van der Waals surface area contributed by atoms with Crippen molar-refractivity contribution in [1.82, 2.24) is 5.32 Å². The van der Waals surface area contributed by atoms with E-state index in [1.54, 1.807) is 0 Å². The quantitative estimate of drug-likeness (QED) is 0.731. The molecule has 2 N–H and O–H groups in total. The molecule has 1 amide bonds. The first-order chi connectivity index (χ1) is 7.72. The molecule has 0 aromatic carbocycles. The Morgan fingerprint density at radius 1 is 1.38 bits per heavy atom. The molecule has 0 aromatic heterocycles. The van der Waals surface area contributed by atoms with Gasteiger partial charge in [0.2, 0.25) is 5.91 Å². The minimum atomic E-state index is 0.101. The summed E-state index contributed by atoms with van der Waals surface area (Å²) in [6.45, 7) is 2.08. The minimum Gasteiger partial charge on any atom is -0.396 e. The van der Waals surface area contributed by atoms with E-state index < -0.39 is 0 Å². The highest BCUT2D eigenvalue weighted by Gasteiger charge is 2.15. The van der Waals surface area contributed by atoms with Gasteiger partial charge in [0.05, 0.1) is 0 Å². The Morgan fingerprint density at radius 3 is 2.69 bits per heavy atom. The van der Waals surface area contributed by atoms with E-state index in [2.05, 4.69) is 5.32 Å². The summed E-state index contributed by atoms with van der Waals surface area (Å²) in [5.74, 6) is 0.916. The molecule has 1 saturated carbocycles. The SMILES string of the molecule is C[C@@H](CCO)NC(=O)CCC1CCCCC1. The molecule has 3 nitrogen and oxygen atoms in total. The first-order valence-corrected chi connectivity index (χ1v) is 6.62. The van der Waals surface area contributed by atoms with E-state index in [0.29, 0.717) is 12.8 Å². The topological polar surface area (TPSA) is 49.3 Å². The zero-order valence-corrected chi connectivity index (χ0v) is 10.4. The number of aliphatic hydroxyl groups is 1. The van der Waals surface area contributed by atoms with Crippen molar-refractivity contribution in [2.75, 3.05) is 6.61 Å². The van der Waals surface area contributed by atoms with Crippen molar-refractivity contribution in [2.45, 2.75) is 64.3 Å². The fourth-order valence-corrected chi connectivity index (χ4v) is 2.42. The van der Waals surface area contributed by atoms with E-state index in [0.717, 1.165) is 12.3 Å². The van der Waals surface area contributed by atoms with Crippen LogP contribution in [-0.2, 0) is 4.79 Å². The molecule has 94 valence electrons. The van der Waals surface area contributed by atoms with Crippen LogP contribution in [0.4, 0.5) is 0 Å². The lowest BCUT2D eigenvalue weighted by molar-refractivity contribution is -0.122. The Kier molecular flexibility index (Phi) is 6.46. The third kappa shape index (κ3) is 5.50. The van der Waals surface area contributed by atoms with E-state index in [-0.39, 0.29) is 18.6 Å². The number of amides is 1. The van der Waals surface area contributed by atoms with Crippen molar-refractivity contribution >= 4 is 5.91 Å². The van der Waals surface area contributed by atoms with Gasteiger partial charge in [0.15, 0.2) is 0 Å². The summed E-state index contributed by atoms with van der Waals surface area (Å²) in [6.07, 6.45) is 9.00. The zero-order valence-electron chi connectivity index (χ0n) is 10.4. The molecule has 0 spiro atoms. The molecule has 0 heterocycles. The third-order valence-corrected chi connectivity index (χ3v) is 3.47. The summed E-state index contributed by atoms with van der Waals surface area (Å²) in [4.78, 5) is 11.6. The molecular formula is C13H25NO2. The van der Waals surface area contributed by atoms with Crippen molar-refractivity contribution in [3.05, 3.63) is 0 Å². The first kappa shape index (κ1) is 13.5. The van der Waals surface area contributed by atoms with Gasteiger partial charge in [0, 0.05) is 19.1 Å². The average molecular weight is 227 g/mol. The highest BCUT2D eigenvalue weighted by molar-refractivity contribution is 5.76. The number of carbonyl (C=O) groups is 1. The van der Waals surface area contributed by atoms with Crippen LogP contribution in [0.15, 0.2) is 0 Å². The van der Waals surface area contributed by atoms with Crippen LogP contribution in [0.1, 0.15) is 58.3 Å². The van der Waals surface area contributed by atoms with Gasteiger partial charge < -0.3 is 10.4 Å². The van der Waals surface area contributed by atoms with Crippen LogP contribution in [0.2, 0.25) is 0 Å². The van der Waals surface area contributed by atoms with E-state index in [1.807, 2.05) is 6.92 Å². The van der Waals surface area contributed by atoms with Gasteiger partial charge in [-0.25, -0.2) is 0 Å². The van der Waals surface area contributed by atoms with Crippen LogP contribution in [0.3, 0.4) is 0 Å². The van der Waals surface area contributed by atoms with Crippen molar-refractivity contribution in [3.8, 4) is 0 Å². The normalized spacial score (nSPS) is 19.4. The van der Waals surface area contributed by atoms with E-state index >= 15 is 0 Å². The minimum absolute atomic E-state index is 0.101. The molecule has 3 heteroatoms. The summed E-state index contributed by atoms with van der Waals surface area (Å²) < 4.78 is 0. The number of rotatable bonds is 6. The molecule has 0 aliphatic heterocycles. The Hall–Kier alpha value is -0.570. The van der Waals surface area contributed by atoms with Gasteiger partial charge in [-0.15, -0.1) is 0 Å². The summed E-state index contributed by atoms with van der Waals surface area (Å²) in [7, 11) is 0. The molecule has 1 fully saturated rings. The predicted octanol–water partition coefficient (Wildman–Crippen LogP) is 2.23. The first-order valence-electron chi connectivity index (χ1n) is 6.62. The monoisotopic (exact) mass is 227 g/mol. The molecule has 0 aromatic rings. The molecule has 0 unspecified atom stereocenters. The zero-order chi connectivity index (χ0) is 11.8. The second kappa shape index (κ2) is 7.66. The van der Waals surface area contributed by atoms with Crippen molar-refractivity contribution < 1.29 is 9.90 Å². The summed E-state index contributed by atoms with van der Waals surface area (Å²) in [5.41, 5.74) is 0. The Balaban J connectivity index is 2.09. The van der Waals surface area contributed by atoms with E-state index in [9.17, 15) is 4.79 Å². The molecule has 0 radical (unpaired) electrons. The molecule has 16 heavy (non-hydrogen) atoms. The maximum atomic E-state index is 11.6. The summed E-state index contributed by atoms with van der Waals surface area (Å²) >= 11 is 0. The maximum absolute atomic E-state index is 11.6. The molecule has 1 aliphatic carbocycles. The average Bonchev–Trinajstić information content (AvgIpc) is 2.28. The summed E-state index contributed by atoms with van der Waals surface area (Å²) in [5, 5.41) is 11.7. The van der Waals surface area contributed by atoms with Gasteiger partial charge in [0.1, 0.15) is 0 Å².